The molecule has 1 rings (SSSR count). The van der Waals surface area contributed by atoms with Gasteiger partial charge in [0.25, 0.3) is 0 Å². The summed E-state index contributed by atoms with van der Waals surface area (Å²) < 4.78 is 0. The predicted octanol–water partition coefficient (Wildman–Crippen LogP) is 0.563. The van der Waals surface area contributed by atoms with Crippen molar-refractivity contribution in [1.29, 1.82) is 0 Å². The Morgan fingerprint density at radius 3 is 2.61 bits per heavy atom. The Kier molecular flexibility index (Phi) is 4.38. The van der Waals surface area contributed by atoms with Crippen LogP contribution < -0.4 is 4.90 Å². The van der Waals surface area contributed by atoms with Crippen molar-refractivity contribution in [3.05, 3.63) is 21.6 Å². The topological polar surface area (TPSA) is 92.5 Å². The summed E-state index contributed by atoms with van der Waals surface area (Å²) >= 11 is 5.60. The number of nitrogens with zero attached hydrogens (tertiary/aromatic N) is 5. The molecule has 18 heavy (non-hydrogen) atoms. The van der Waals surface area contributed by atoms with Crippen LogP contribution in [0.2, 0.25) is 5.28 Å². The molecule has 0 aliphatic carbocycles. The van der Waals surface area contributed by atoms with Crippen molar-refractivity contribution in [1.82, 2.24) is 14.9 Å². The maximum atomic E-state index is 11.5. The molecule has 0 spiro atoms. The molecule has 0 N–H and O–H groups in total. The molecule has 0 aliphatic rings. The Bertz CT molecular complexity index is 479. The molecular formula is C9H12ClN5O3. The van der Waals surface area contributed by atoms with E-state index in [-0.39, 0.29) is 29.2 Å². The molecule has 0 aromatic carbocycles. The van der Waals surface area contributed by atoms with E-state index < -0.39 is 4.92 Å². The largest absolute Gasteiger partial charge is 0.347 e. The number of carbonyl (C=O) groups is 1. The van der Waals surface area contributed by atoms with E-state index in [1.54, 1.807) is 14.1 Å². The average molecular weight is 274 g/mol. The number of halogens is 1. The van der Waals surface area contributed by atoms with Crippen molar-refractivity contribution >= 4 is 29.0 Å². The van der Waals surface area contributed by atoms with Gasteiger partial charge in [-0.2, -0.15) is 4.98 Å². The zero-order chi connectivity index (χ0) is 13.9. The van der Waals surface area contributed by atoms with Gasteiger partial charge in [-0.05, 0) is 11.6 Å². The fourth-order valence-corrected chi connectivity index (χ4v) is 1.30. The van der Waals surface area contributed by atoms with Gasteiger partial charge in [-0.25, -0.2) is 4.98 Å². The van der Waals surface area contributed by atoms with Crippen molar-refractivity contribution in [3.8, 4) is 0 Å². The molecule has 0 unspecified atom stereocenters. The first-order valence-corrected chi connectivity index (χ1v) is 5.29. The van der Waals surface area contributed by atoms with Crippen LogP contribution in [0.1, 0.15) is 0 Å². The first-order valence-electron chi connectivity index (χ1n) is 4.91. The molecule has 1 heterocycles. The van der Waals surface area contributed by atoms with E-state index in [1.807, 2.05) is 0 Å². The van der Waals surface area contributed by atoms with Crippen LogP contribution in [0.5, 0.6) is 0 Å². The molecule has 1 amide bonds. The van der Waals surface area contributed by atoms with Crippen LogP contribution in [0.25, 0.3) is 0 Å². The number of carbonyl (C=O) groups excluding carboxylic acids is 1. The van der Waals surface area contributed by atoms with Crippen LogP contribution in [0, 0.1) is 10.1 Å². The van der Waals surface area contributed by atoms with Gasteiger partial charge in [-0.15, -0.1) is 0 Å². The molecule has 1 aromatic rings. The third kappa shape index (κ3) is 3.27. The Balaban J connectivity index is 3.04. The van der Waals surface area contributed by atoms with Gasteiger partial charge in [0, 0.05) is 21.1 Å². The number of aromatic nitrogens is 2. The van der Waals surface area contributed by atoms with Crippen LogP contribution in [0.15, 0.2) is 6.20 Å². The monoisotopic (exact) mass is 273 g/mol. The number of amides is 1. The van der Waals surface area contributed by atoms with E-state index in [0.717, 1.165) is 6.20 Å². The zero-order valence-electron chi connectivity index (χ0n) is 10.1. The van der Waals surface area contributed by atoms with Crippen molar-refractivity contribution in [3.63, 3.8) is 0 Å². The Morgan fingerprint density at radius 2 is 2.11 bits per heavy atom. The molecule has 0 aliphatic heterocycles. The van der Waals surface area contributed by atoms with Crippen LogP contribution >= 0.6 is 11.6 Å². The number of hydrogen-bond acceptors (Lipinski definition) is 6. The lowest BCUT2D eigenvalue weighted by Crippen LogP contribution is -2.35. The summed E-state index contributed by atoms with van der Waals surface area (Å²) in [7, 11) is 4.71. The molecule has 9 heteroatoms. The standard InChI is InChI=1S/C9H12ClN5O3/c1-13(2)7(16)5-14(3)8-6(15(17)18)4-11-9(10)12-8/h4H,5H2,1-3H3. The second kappa shape index (κ2) is 5.58. The maximum absolute atomic E-state index is 11.5. The van der Waals surface area contributed by atoms with Gasteiger partial charge in [0.05, 0.1) is 11.5 Å². The summed E-state index contributed by atoms with van der Waals surface area (Å²) in [6, 6.07) is 0. The summed E-state index contributed by atoms with van der Waals surface area (Å²) in [6.07, 6.45) is 1.02. The van der Waals surface area contributed by atoms with Gasteiger partial charge in [0.15, 0.2) is 0 Å². The summed E-state index contributed by atoms with van der Waals surface area (Å²) in [5.74, 6) is -0.197. The Hall–Kier alpha value is -1.96. The maximum Gasteiger partial charge on any atom is 0.329 e. The highest BCUT2D eigenvalue weighted by Gasteiger charge is 2.22. The Labute approximate surface area is 108 Å². The normalized spacial score (nSPS) is 10.0. The lowest BCUT2D eigenvalue weighted by atomic mass is 10.4. The van der Waals surface area contributed by atoms with Gasteiger partial charge in [0.1, 0.15) is 6.20 Å². The summed E-state index contributed by atoms with van der Waals surface area (Å²) in [5, 5.41) is 10.7. The van der Waals surface area contributed by atoms with Gasteiger partial charge in [-0.1, -0.05) is 0 Å². The number of hydrogen-bond donors (Lipinski definition) is 0. The molecule has 8 nitrogen and oxygen atoms in total. The molecule has 0 atom stereocenters. The minimum Gasteiger partial charge on any atom is -0.347 e. The number of nitro groups is 1. The summed E-state index contributed by atoms with van der Waals surface area (Å²) in [5.41, 5.74) is -0.298. The minimum atomic E-state index is -0.623. The van der Waals surface area contributed by atoms with E-state index >= 15 is 0 Å². The number of likely N-dealkylation sites (N-methyl/N-ethyl adjacent to an activating group) is 2. The Morgan fingerprint density at radius 1 is 1.50 bits per heavy atom. The van der Waals surface area contributed by atoms with Crippen LogP contribution in [-0.4, -0.2) is 53.4 Å². The third-order valence-electron chi connectivity index (χ3n) is 2.15. The van der Waals surface area contributed by atoms with Gasteiger partial charge >= 0.3 is 5.69 Å². The van der Waals surface area contributed by atoms with E-state index in [0.29, 0.717) is 0 Å². The SMILES string of the molecule is CN(C)C(=O)CN(C)c1nc(Cl)ncc1[N+](=O)[O-]. The first-order chi connectivity index (χ1) is 8.32. The highest BCUT2D eigenvalue weighted by molar-refractivity contribution is 6.28. The van der Waals surface area contributed by atoms with Gasteiger partial charge in [-0.3, -0.25) is 14.9 Å². The van der Waals surface area contributed by atoms with E-state index in [4.69, 9.17) is 11.6 Å². The molecule has 1 aromatic heterocycles. The highest BCUT2D eigenvalue weighted by atomic mass is 35.5. The van der Waals surface area contributed by atoms with Crippen molar-refractivity contribution < 1.29 is 9.72 Å². The molecule has 0 fully saturated rings. The third-order valence-corrected chi connectivity index (χ3v) is 2.33. The van der Waals surface area contributed by atoms with Gasteiger partial charge in [0.2, 0.25) is 17.0 Å². The van der Waals surface area contributed by atoms with Crippen molar-refractivity contribution in [2.75, 3.05) is 32.6 Å². The van der Waals surface area contributed by atoms with E-state index in [1.165, 1.54) is 16.8 Å². The number of anilines is 1. The van der Waals surface area contributed by atoms with Crippen LogP contribution in [-0.2, 0) is 4.79 Å². The minimum absolute atomic E-state index is 0.00944. The fourth-order valence-electron chi connectivity index (χ4n) is 1.17. The summed E-state index contributed by atoms with van der Waals surface area (Å²) in [6.45, 7) is -0.0405. The molecule has 98 valence electrons. The molecule has 0 saturated carbocycles. The predicted molar refractivity (Wildman–Crippen MR) is 65.7 cm³/mol. The van der Waals surface area contributed by atoms with E-state index in [9.17, 15) is 14.9 Å². The molecule has 0 bridgehead atoms. The zero-order valence-corrected chi connectivity index (χ0v) is 10.9. The lowest BCUT2D eigenvalue weighted by molar-refractivity contribution is -0.384. The molecule has 0 saturated heterocycles. The summed E-state index contributed by atoms with van der Waals surface area (Å²) in [4.78, 5) is 31.8. The van der Waals surface area contributed by atoms with Crippen LogP contribution in [0.3, 0.4) is 0 Å². The van der Waals surface area contributed by atoms with Crippen LogP contribution in [0.4, 0.5) is 11.5 Å². The number of rotatable bonds is 4. The lowest BCUT2D eigenvalue weighted by Gasteiger charge is -2.19. The van der Waals surface area contributed by atoms with Crippen molar-refractivity contribution in [2.45, 2.75) is 0 Å². The van der Waals surface area contributed by atoms with Crippen molar-refractivity contribution in [2.24, 2.45) is 0 Å². The highest BCUT2D eigenvalue weighted by Crippen LogP contribution is 2.24. The smallest absolute Gasteiger partial charge is 0.329 e. The molecule has 0 radical (unpaired) electrons. The quantitative estimate of drug-likeness (QED) is 0.452. The first kappa shape index (κ1) is 14.1. The fraction of sp³-hybridized carbons (Fsp3) is 0.444. The molecular weight excluding hydrogens is 262 g/mol. The average Bonchev–Trinajstić information content (AvgIpc) is 2.28. The van der Waals surface area contributed by atoms with E-state index in [2.05, 4.69) is 9.97 Å². The van der Waals surface area contributed by atoms with Gasteiger partial charge < -0.3 is 9.80 Å². The second-order valence-electron chi connectivity index (χ2n) is 3.75. The second-order valence-corrected chi connectivity index (χ2v) is 4.09.